The van der Waals surface area contributed by atoms with Crippen LogP contribution in [0.1, 0.15) is 78.1 Å². The summed E-state index contributed by atoms with van der Waals surface area (Å²) in [6.07, 6.45) is 14.8. The highest BCUT2D eigenvalue weighted by Gasteiger charge is 2.31. The van der Waals surface area contributed by atoms with E-state index in [2.05, 4.69) is 19.2 Å². The van der Waals surface area contributed by atoms with Crippen LogP contribution < -0.4 is 5.32 Å². The Balaban J connectivity index is 1.69. The second-order valence-electron chi connectivity index (χ2n) is 7.18. The molecule has 2 rings (SSSR count). The molecular formula is C18H35NO. The molecule has 2 aliphatic rings. The van der Waals surface area contributed by atoms with E-state index in [0.29, 0.717) is 6.10 Å². The van der Waals surface area contributed by atoms with Gasteiger partial charge in [0.15, 0.2) is 0 Å². The van der Waals surface area contributed by atoms with Crippen LogP contribution in [0.2, 0.25) is 0 Å². The fraction of sp³-hybridized carbons (Fsp3) is 1.00. The number of hydrogen-bond donors (Lipinski definition) is 1. The average Bonchev–Trinajstić information content (AvgIpc) is 2.48. The summed E-state index contributed by atoms with van der Waals surface area (Å²) < 4.78 is 5.63. The molecule has 0 heterocycles. The molecule has 0 radical (unpaired) electrons. The van der Waals surface area contributed by atoms with E-state index in [1.807, 2.05) is 0 Å². The molecule has 2 unspecified atom stereocenters. The standard InChI is InChI=1S/C18H35NO/c1-15(2)20-14-8-13-19-18-12-7-6-11-17(18)16-9-4-3-5-10-16/h15-19H,3-14H2,1-2H3. The minimum Gasteiger partial charge on any atom is -0.379 e. The largest absolute Gasteiger partial charge is 0.379 e. The van der Waals surface area contributed by atoms with Crippen molar-refractivity contribution in [2.45, 2.75) is 90.2 Å². The quantitative estimate of drug-likeness (QED) is 0.692. The predicted octanol–water partition coefficient (Wildman–Crippen LogP) is 4.53. The van der Waals surface area contributed by atoms with E-state index in [0.717, 1.165) is 37.5 Å². The Bertz CT molecular complexity index is 248. The lowest BCUT2D eigenvalue weighted by atomic mass is 9.71. The molecule has 2 saturated carbocycles. The van der Waals surface area contributed by atoms with Crippen LogP contribution in [0, 0.1) is 11.8 Å². The van der Waals surface area contributed by atoms with Gasteiger partial charge in [0.1, 0.15) is 0 Å². The molecule has 2 aliphatic carbocycles. The van der Waals surface area contributed by atoms with Gasteiger partial charge in [-0.3, -0.25) is 0 Å². The van der Waals surface area contributed by atoms with Gasteiger partial charge in [0.25, 0.3) is 0 Å². The summed E-state index contributed by atoms with van der Waals surface area (Å²) in [5, 5.41) is 3.86. The van der Waals surface area contributed by atoms with E-state index in [-0.39, 0.29) is 0 Å². The smallest absolute Gasteiger partial charge is 0.0518 e. The van der Waals surface area contributed by atoms with Crippen LogP contribution in [-0.4, -0.2) is 25.3 Å². The van der Waals surface area contributed by atoms with Crippen molar-refractivity contribution in [3.8, 4) is 0 Å². The summed E-state index contributed by atoms with van der Waals surface area (Å²) in [6.45, 7) is 6.29. The lowest BCUT2D eigenvalue weighted by Crippen LogP contribution is -2.43. The van der Waals surface area contributed by atoms with Crippen molar-refractivity contribution in [1.29, 1.82) is 0 Å². The fourth-order valence-electron chi connectivity index (χ4n) is 4.22. The molecule has 0 aromatic carbocycles. The third-order valence-electron chi connectivity index (χ3n) is 5.25. The van der Waals surface area contributed by atoms with Gasteiger partial charge >= 0.3 is 0 Å². The molecule has 2 atom stereocenters. The Kier molecular flexibility index (Phi) is 7.37. The van der Waals surface area contributed by atoms with Gasteiger partial charge < -0.3 is 10.1 Å². The summed E-state index contributed by atoms with van der Waals surface area (Å²) >= 11 is 0. The zero-order chi connectivity index (χ0) is 14.2. The van der Waals surface area contributed by atoms with Crippen LogP contribution in [0.25, 0.3) is 0 Å². The second kappa shape index (κ2) is 9.04. The van der Waals surface area contributed by atoms with E-state index in [9.17, 15) is 0 Å². The van der Waals surface area contributed by atoms with Gasteiger partial charge in [-0.25, -0.2) is 0 Å². The Morgan fingerprint density at radius 3 is 2.40 bits per heavy atom. The zero-order valence-electron chi connectivity index (χ0n) is 13.7. The number of nitrogens with one attached hydrogen (secondary N) is 1. The fourth-order valence-corrected chi connectivity index (χ4v) is 4.22. The third kappa shape index (κ3) is 5.37. The van der Waals surface area contributed by atoms with Crippen LogP contribution in [0.3, 0.4) is 0 Å². The molecule has 0 aliphatic heterocycles. The molecule has 0 saturated heterocycles. The molecule has 2 heteroatoms. The van der Waals surface area contributed by atoms with Gasteiger partial charge in [0.2, 0.25) is 0 Å². The minimum absolute atomic E-state index is 0.375. The van der Waals surface area contributed by atoms with Crippen LogP contribution in [0.4, 0.5) is 0 Å². The Labute approximate surface area is 126 Å². The van der Waals surface area contributed by atoms with Crippen molar-refractivity contribution in [3.05, 3.63) is 0 Å². The first kappa shape index (κ1) is 16.3. The van der Waals surface area contributed by atoms with Gasteiger partial charge in [-0.15, -0.1) is 0 Å². The first-order chi connectivity index (χ1) is 9.77. The summed E-state index contributed by atoms with van der Waals surface area (Å²) in [5.74, 6) is 1.99. The molecule has 20 heavy (non-hydrogen) atoms. The summed E-state index contributed by atoms with van der Waals surface area (Å²) in [7, 11) is 0. The number of ether oxygens (including phenoxy) is 1. The van der Waals surface area contributed by atoms with E-state index in [1.54, 1.807) is 0 Å². The van der Waals surface area contributed by atoms with Crippen molar-refractivity contribution in [2.24, 2.45) is 11.8 Å². The highest BCUT2D eigenvalue weighted by Crippen LogP contribution is 2.38. The normalized spacial score (nSPS) is 28.9. The minimum atomic E-state index is 0.375. The maximum atomic E-state index is 5.63. The molecule has 0 aromatic rings. The first-order valence-corrected chi connectivity index (χ1v) is 9.12. The molecule has 2 fully saturated rings. The van der Waals surface area contributed by atoms with Crippen LogP contribution in [0.5, 0.6) is 0 Å². The van der Waals surface area contributed by atoms with Crippen LogP contribution >= 0.6 is 0 Å². The summed E-state index contributed by atoms with van der Waals surface area (Å²) in [6, 6.07) is 0.797. The lowest BCUT2D eigenvalue weighted by molar-refractivity contribution is 0.0748. The molecule has 0 spiro atoms. The zero-order valence-corrected chi connectivity index (χ0v) is 13.7. The SMILES string of the molecule is CC(C)OCCCNC1CCCCC1C1CCCCC1. The molecule has 1 N–H and O–H groups in total. The van der Waals surface area contributed by atoms with E-state index < -0.39 is 0 Å². The molecular weight excluding hydrogens is 246 g/mol. The van der Waals surface area contributed by atoms with Crippen molar-refractivity contribution >= 4 is 0 Å². The Morgan fingerprint density at radius 1 is 0.950 bits per heavy atom. The van der Waals surface area contributed by atoms with Crippen molar-refractivity contribution in [3.63, 3.8) is 0 Å². The van der Waals surface area contributed by atoms with Gasteiger partial charge in [-0.2, -0.15) is 0 Å². The van der Waals surface area contributed by atoms with Gasteiger partial charge in [-0.05, 0) is 51.5 Å². The van der Waals surface area contributed by atoms with E-state index >= 15 is 0 Å². The first-order valence-electron chi connectivity index (χ1n) is 9.12. The topological polar surface area (TPSA) is 21.3 Å². The highest BCUT2D eigenvalue weighted by molar-refractivity contribution is 4.86. The van der Waals surface area contributed by atoms with E-state index in [4.69, 9.17) is 4.74 Å². The Morgan fingerprint density at radius 2 is 1.65 bits per heavy atom. The number of rotatable bonds is 7. The lowest BCUT2D eigenvalue weighted by Gasteiger charge is -2.39. The molecule has 2 nitrogen and oxygen atoms in total. The van der Waals surface area contributed by atoms with Crippen LogP contribution in [0.15, 0.2) is 0 Å². The molecule has 0 aromatic heterocycles. The summed E-state index contributed by atoms with van der Waals surface area (Å²) in [5.41, 5.74) is 0. The van der Waals surface area contributed by atoms with Crippen LogP contribution in [-0.2, 0) is 4.74 Å². The Hall–Kier alpha value is -0.0800. The van der Waals surface area contributed by atoms with E-state index in [1.165, 1.54) is 57.8 Å². The van der Waals surface area contributed by atoms with Gasteiger partial charge in [-0.1, -0.05) is 44.9 Å². The second-order valence-corrected chi connectivity index (χ2v) is 7.18. The molecule has 118 valence electrons. The summed E-state index contributed by atoms with van der Waals surface area (Å²) in [4.78, 5) is 0. The van der Waals surface area contributed by atoms with Gasteiger partial charge in [0.05, 0.1) is 6.10 Å². The van der Waals surface area contributed by atoms with Crippen molar-refractivity contribution in [1.82, 2.24) is 5.32 Å². The van der Waals surface area contributed by atoms with Crippen molar-refractivity contribution < 1.29 is 4.74 Å². The molecule has 0 bridgehead atoms. The number of hydrogen-bond acceptors (Lipinski definition) is 2. The maximum Gasteiger partial charge on any atom is 0.0518 e. The predicted molar refractivity (Wildman–Crippen MR) is 86.0 cm³/mol. The average molecular weight is 281 g/mol. The van der Waals surface area contributed by atoms with Crippen molar-refractivity contribution in [2.75, 3.05) is 13.2 Å². The van der Waals surface area contributed by atoms with Gasteiger partial charge in [0, 0.05) is 12.6 Å². The monoisotopic (exact) mass is 281 g/mol. The third-order valence-corrected chi connectivity index (χ3v) is 5.25. The molecule has 0 amide bonds. The highest BCUT2D eigenvalue weighted by atomic mass is 16.5. The maximum absolute atomic E-state index is 5.63.